The SMILES string of the molecule is C[C@@H]1CN(c2nc(=O)n3c4c(c(-c5ccc(F)cc5)c(C(F)(F)F)cc24)SC[C@@H](OCC(=O)N(C)C)C3)C[C@H](C)N1C(=O)OC(C)(C)C. The molecule has 3 aromatic rings. The molecule has 5 rings (SSSR count). The van der Waals surface area contributed by atoms with Crippen LogP contribution in [0.25, 0.3) is 22.0 Å². The van der Waals surface area contributed by atoms with Crippen LogP contribution in [-0.4, -0.2) is 94.7 Å². The Hall–Kier alpha value is -3.85. The normalized spacial score (nSPS) is 20.1. The molecule has 48 heavy (non-hydrogen) atoms. The predicted molar refractivity (Wildman–Crippen MR) is 175 cm³/mol. The standard InChI is InChI=1S/C33H39F4N5O5S/c1-18-13-40(14-19(2)42(18)31(45)47-32(3,4)5)29-23-12-24(33(35,36)37)26(20-8-10-21(34)11-9-20)28-27(23)41(30(44)38-29)15-22(17-48-28)46-16-25(43)39(6)7/h8-12,18-19,22H,13-17H2,1-7H3/t18-,19+,22-/m0/s1. The molecule has 1 aromatic heterocycles. The molecule has 0 bridgehead atoms. The molecule has 0 saturated carbocycles. The van der Waals surface area contributed by atoms with E-state index < -0.39 is 53.1 Å². The Kier molecular flexibility index (Phi) is 9.77. The molecular weight excluding hydrogens is 654 g/mol. The minimum absolute atomic E-state index is 0.0588. The summed E-state index contributed by atoms with van der Waals surface area (Å²) in [5, 5.41) is 0.102. The van der Waals surface area contributed by atoms with E-state index in [4.69, 9.17) is 9.47 Å². The quantitative estimate of drug-likeness (QED) is 0.317. The molecule has 0 spiro atoms. The third-order valence-electron chi connectivity index (χ3n) is 8.20. The molecular formula is C33H39F4N5O5S. The van der Waals surface area contributed by atoms with Crippen LogP contribution in [0.5, 0.6) is 0 Å². The Morgan fingerprint density at radius 2 is 1.67 bits per heavy atom. The van der Waals surface area contributed by atoms with Gasteiger partial charge in [-0.15, -0.1) is 11.8 Å². The van der Waals surface area contributed by atoms with E-state index in [0.717, 1.165) is 30.0 Å². The van der Waals surface area contributed by atoms with Crippen LogP contribution in [0.15, 0.2) is 40.0 Å². The van der Waals surface area contributed by atoms with Gasteiger partial charge >= 0.3 is 18.0 Å². The average Bonchev–Trinajstić information content (AvgIpc) is 3.17. The molecule has 3 heterocycles. The number of nitrogens with zero attached hydrogens (tertiary/aromatic N) is 5. The first-order valence-corrected chi connectivity index (χ1v) is 16.5. The fourth-order valence-corrected chi connectivity index (χ4v) is 7.38. The molecule has 10 nitrogen and oxygen atoms in total. The lowest BCUT2D eigenvalue weighted by molar-refractivity contribution is -0.137. The number of hydrogen-bond acceptors (Lipinski definition) is 8. The summed E-state index contributed by atoms with van der Waals surface area (Å²) in [6.07, 6.45) is -6.06. The summed E-state index contributed by atoms with van der Waals surface area (Å²) >= 11 is 1.08. The lowest BCUT2D eigenvalue weighted by Gasteiger charge is -2.45. The van der Waals surface area contributed by atoms with E-state index in [1.165, 1.54) is 21.6 Å². The molecule has 3 atom stereocenters. The van der Waals surface area contributed by atoms with Gasteiger partial charge in [0.1, 0.15) is 23.8 Å². The molecule has 2 amide bonds. The van der Waals surface area contributed by atoms with Gasteiger partial charge in [-0.1, -0.05) is 12.1 Å². The number of amides is 2. The van der Waals surface area contributed by atoms with Gasteiger partial charge in [0.25, 0.3) is 0 Å². The van der Waals surface area contributed by atoms with Gasteiger partial charge in [0.05, 0.1) is 35.8 Å². The van der Waals surface area contributed by atoms with E-state index in [-0.39, 0.29) is 70.6 Å². The second-order valence-electron chi connectivity index (χ2n) is 13.4. The van der Waals surface area contributed by atoms with Gasteiger partial charge < -0.3 is 19.3 Å². The molecule has 1 saturated heterocycles. The number of benzene rings is 2. The van der Waals surface area contributed by atoms with Crippen LogP contribution >= 0.6 is 11.8 Å². The van der Waals surface area contributed by atoms with Crippen molar-refractivity contribution in [1.82, 2.24) is 19.4 Å². The molecule has 0 N–H and O–H groups in total. The fraction of sp³-hybridized carbons (Fsp3) is 0.515. The largest absolute Gasteiger partial charge is 0.444 e. The maximum atomic E-state index is 15.0. The summed E-state index contributed by atoms with van der Waals surface area (Å²) in [7, 11) is 3.14. The predicted octanol–water partition coefficient (Wildman–Crippen LogP) is 5.63. The average molecular weight is 694 g/mol. The number of carbonyl (C=O) groups excluding carboxylic acids is 2. The Morgan fingerprint density at radius 1 is 1.04 bits per heavy atom. The van der Waals surface area contributed by atoms with Crippen LogP contribution < -0.4 is 10.6 Å². The van der Waals surface area contributed by atoms with Crippen LogP contribution in [0.1, 0.15) is 40.2 Å². The minimum Gasteiger partial charge on any atom is -0.444 e. The highest BCUT2D eigenvalue weighted by Gasteiger charge is 2.40. The van der Waals surface area contributed by atoms with Crippen LogP contribution in [0.2, 0.25) is 0 Å². The highest BCUT2D eigenvalue weighted by molar-refractivity contribution is 7.99. The van der Waals surface area contributed by atoms with Gasteiger partial charge in [0, 0.05) is 48.8 Å². The second-order valence-corrected chi connectivity index (χ2v) is 14.4. The zero-order valence-electron chi connectivity index (χ0n) is 27.9. The Morgan fingerprint density at radius 3 is 2.23 bits per heavy atom. The van der Waals surface area contributed by atoms with E-state index in [0.29, 0.717) is 0 Å². The van der Waals surface area contributed by atoms with E-state index >= 15 is 0 Å². The number of halogens is 4. The Balaban J connectivity index is 1.69. The third kappa shape index (κ3) is 7.26. The van der Waals surface area contributed by atoms with E-state index in [2.05, 4.69) is 4.98 Å². The summed E-state index contributed by atoms with van der Waals surface area (Å²) in [5.41, 5.74) is -2.22. The molecule has 0 radical (unpaired) electrons. The minimum atomic E-state index is -4.83. The monoisotopic (exact) mass is 693 g/mol. The zero-order valence-corrected chi connectivity index (χ0v) is 28.7. The maximum Gasteiger partial charge on any atom is 0.417 e. The number of anilines is 1. The van der Waals surface area contributed by atoms with Crippen LogP contribution in [0, 0.1) is 5.82 Å². The topological polar surface area (TPSA) is 97.2 Å². The third-order valence-corrected chi connectivity index (χ3v) is 9.43. The van der Waals surface area contributed by atoms with Gasteiger partial charge in [0.15, 0.2) is 0 Å². The second kappa shape index (κ2) is 13.2. The zero-order chi connectivity index (χ0) is 35.3. The first kappa shape index (κ1) is 35.5. The molecule has 2 aromatic carbocycles. The van der Waals surface area contributed by atoms with Gasteiger partial charge in [-0.2, -0.15) is 18.2 Å². The molecule has 15 heteroatoms. The highest BCUT2D eigenvalue weighted by atomic mass is 32.2. The van der Waals surface area contributed by atoms with Gasteiger partial charge in [-0.05, 0) is 58.4 Å². The number of thioether (sulfide) groups is 1. The van der Waals surface area contributed by atoms with Crippen molar-refractivity contribution in [2.75, 3.05) is 44.4 Å². The molecule has 2 aliphatic heterocycles. The number of likely N-dealkylation sites (N-methyl/N-ethyl adjacent to an activating group) is 1. The highest BCUT2D eigenvalue weighted by Crippen LogP contribution is 2.48. The van der Waals surface area contributed by atoms with Crippen molar-refractivity contribution in [2.24, 2.45) is 0 Å². The van der Waals surface area contributed by atoms with Crippen molar-refractivity contribution in [2.45, 2.75) is 76.0 Å². The Labute approximate surface area is 280 Å². The lowest BCUT2D eigenvalue weighted by Crippen LogP contribution is -2.59. The smallest absolute Gasteiger partial charge is 0.417 e. The van der Waals surface area contributed by atoms with E-state index in [9.17, 15) is 31.9 Å². The van der Waals surface area contributed by atoms with Gasteiger partial charge in [-0.3, -0.25) is 14.3 Å². The molecule has 0 aliphatic carbocycles. The van der Waals surface area contributed by atoms with Gasteiger partial charge in [0.2, 0.25) is 5.91 Å². The van der Waals surface area contributed by atoms with Crippen molar-refractivity contribution in [3.63, 3.8) is 0 Å². The van der Waals surface area contributed by atoms with Crippen LogP contribution in [-0.2, 0) is 27.0 Å². The lowest BCUT2D eigenvalue weighted by atomic mass is 9.96. The van der Waals surface area contributed by atoms with Crippen LogP contribution in [0.3, 0.4) is 0 Å². The van der Waals surface area contributed by atoms with Crippen LogP contribution in [0.4, 0.5) is 28.2 Å². The van der Waals surface area contributed by atoms with Crippen molar-refractivity contribution < 1.29 is 36.6 Å². The number of alkyl halides is 3. The maximum absolute atomic E-state index is 15.0. The molecule has 1 fully saturated rings. The van der Waals surface area contributed by atoms with Crippen molar-refractivity contribution in [1.29, 1.82) is 0 Å². The molecule has 0 unspecified atom stereocenters. The van der Waals surface area contributed by atoms with E-state index in [1.807, 2.05) is 0 Å². The summed E-state index contributed by atoms with van der Waals surface area (Å²) in [4.78, 5) is 48.4. The summed E-state index contributed by atoms with van der Waals surface area (Å²) in [5.74, 6) is -0.727. The number of carbonyl (C=O) groups is 2. The summed E-state index contributed by atoms with van der Waals surface area (Å²) < 4.78 is 71.7. The van der Waals surface area contributed by atoms with Crippen molar-refractivity contribution >= 4 is 40.5 Å². The number of rotatable bonds is 5. The van der Waals surface area contributed by atoms with Gasteiger partial charge in [-0.25, -0.2) is 14.0 Å². The number of piperazine rings is 1. The Bertz CT molecular complexity index is 1760. The number of aromatic nitrogens is 2. The molecule has 2 aliphatic rings. The molecule has 260 valence electrons. The number of hydrogen-bond donors (Lipinski definition) is 0. The summed E-state index contributed by atoms with van der Waals surface area (Å²) in [6.45, 7) is 8.90. The first-order chi connectivity index (χ1) is 22.4. The number of ether oxygens (including phenoxy) is 2. The fourth-order valence-electron chi connectivity index (χ4n) is 6.09. The summed E-state index contributed by atoms with van der Waals surface area (Å²) in [6, 6.07) is 4.88. The van der Waals surface area contributed by atoms with Crippen molar-refractivity contribution in [3.05, 3.63) is 52.2 Å². The van der Waals surface area contributed by atoms with Crippen molar-refractivity contribution in [3.8, 4) is 11.1 Å². The van der Waals surface area contributed by atoms with E-state index in [1.54, 1.807) is 58.5 Å². The first-order valence-electron chi connectivity index (χ1n) is 15.5.